The van der Waals surface area contributed by atoms with Gasteiger partial charge in [-0.25, -0.2) is 9.98 Å². The van der Waals surface area contributed by atoms with Gasteiger partial charge in [0, 0.05) is 31.4 Å². The Morgan fingerprint density at radius 1 is 1.32 bits per heavy atom. The number of guanidine groups is 1. The molecule has 1 aliphatic heterocycles. The maximum atomic E-state index is 13.2. The van der Waals surface area contributed by atoms with Gasteiger partial charge in [0.05, 0.1) is 35.9 Å². The number of rotatable bonds is 6. The van der Waals surface area contributed by atoms with Gasteiger partial charge in [0.15, 0.2) is 5.96 Å². The van der Waals surface area contributed by atoms with Crippen LogP contribution in [0.2, 0.25) is 0 Å². The molecule has 4 rings (SSSR count). The third-order valence-electron chi connectivity index (χ3n) is 7.99. The summed E-state index contributed by atoms with van der Waals surface area (Å²) in [5.41, 5.74) is 1.80. The monoisotopic (exact) mass is 510 g/mol. The first-order chi connectivity index (χ1) is 17.6. The van der Waals surface area contributed by atoms with Crippen LogP contribution in [0.3, 0.4) is 0 Å². The molecule has 0 amide bonds. The summed E-state index contributed by atoms with van der Waals surface area (Å²) in [6, 6.07) is 6.15. The van der Waals surface area contributed by atoms with Crippen LogP contribution in [0.1, 0.15) is 73.3 Å². The lowest BCUT2D eigenvalue weighted by Gasteiger charge is -2.39. The van der Waals surface area contributed by atoms with Crippen molar-refractivity contribution in [2.75, 3.05) is 31.6 Å². The smallest absolute Gasteiger partial charge is 0.261 e. The van der Waals surface area contributed by atoms with E-state index in [1.165, 1.54) is 12.8 Å². The summed E-state index contributed by atoms with van der Waals surface area (Å²) >= 11 is 0. The predicted molar refractivity (Wildman–Crippen MR) is 152 cm³/mol. The fourth-order valence-electron chi connectivity index (χ4n) is 6.02. The molecule has 2 aromatic rings. The lowest BCUT2D eigenvalue weighted by molar-refractivity contribution is 0.168. The Morgan fingerprint density at radius 3 is 2.78 bits per heavy atom. The number of aromatic nitrogens is 2. The quantitative estimate of drug-likeness (QED) is 0.397. The van der Waals surface area contributed by atoms with Crippen molar-refractivity contribution in [2.24, 2.45) is 22.2 Å². The van der Waals surface area contributed by atoms with Crippen molar-refractivity contribution in [1.82, 2.24) is 19.8 Å². The normalized spacial score (nSPS) is 25.5. The Kier molecular flexibility index (Phi) is 8.59. The number of aliphatic hydroxyl groups excluding tert-OH is 1. The molecule has 2 fully saturated rings. The van der Waals surface area contributed by atoms with Gasteiger partial charge in [-0.15, -0.1) is 0 Å². The molecule has 0 radical (unpaired) electrons. The fourth-order valence-corrected chi connectivity index (χ4v) is 6.02. The number of nitrogens with one attached hydrogen (secondary N) is 2. The minimum atomic E-state index is -0.266. The first kappa shape index (κ1) is 27.6. The van der Waals surface area contributed by atoms with Crippen molar-refractivity contribution in [2.45, 2.75) is 85.4 Å². The standard InChI is InChI=1S/C29H46N6O2/c1-19(2)13-23(17-36)35-18-31-26-14-22(7-8-24(26)27(35)37)32-28(34-12-11-30-21(4)16-34)33-25-9-10-29(5,6)15-20(25)3/h7-8,14,18-21,23,25,30,36H,9-13,15-17H2,1-6H3,(H,32,33)/t20-,21-,23-,25?/m0/s1. The fraction of sp³-hybridized carbons (Fsp3) is 0.690. The number of benzene rings is 1. The summed E-state index contributed by atoms with van der Waals surface area (Å²) in [5.74, 6) is 1.81. The Labute approximate surface area is 221 Å². The lowest BCUT2D eigenvalue weighted by Crippen LogP contribution is -2.53. The Bertz CT molecular complexity index is 1160. The maximum absolute atomic E-state index is 13.2. The molecule has 204 valence electrons. The molecule has 1 saturated carbocycles. The van der Waals surface area contributed by atoms with Gasteiger partial charge < -0.3 is 20.6 Å². The zero-order chi connectivity index (χ0) is 26.7. The summed E-state index contributed by atoms with van der Waals surface area (Å²) < 4.78 is 1.58. The predicted octanol–water partition coefficient (Wildman–Crippen LogP) is 4.25. The zero-order valence-corrected chi connectivity index (χ0v) is 23.5. The number of nitrogens with zero attached hydrogens (tertiary/aromatic N) is 4. The molecular weight excluding hydrogens is 464 g/mol. The molecule has 1 saturated heterocycles. The van der Waals surface area contributed by atoms with E-state index in [1.54, 1.807) is 10.9 Å². The van der Waals surface area contributed by atoms with Gasteiger partial charge in [0.2, 0.25) is 0 Å². The number of hydrogen-bond acceptors (Lipinski definition) is 5. The van der Waals surface area contributed by atoms with E-state index in [-0.39, 0.29) is 18.2 Å². The molecule has 1 aromatic heterocycles. The van der Waals surface area contributed by atoms with E-state index in [9.17, 15) is 9.90 Å². The Hall–Kier alpha value is -2.45. The van der Waals surface area contributed by atoms with Crippen molar-refractivity contribution < 1.29 is 5.11 Å². The second-order valence-corrected chi connectivity index (χ2v) is 12.5. The molecule has 4 atom stereocenters. The summed E-state index contributed by atoms with van der Waals surface area (Å²) in [4.78, 5) is 25.5. The van der Waals surface area contributed by atoms with E-state index >= 15 is 0 Å². The molecule has 1 aliphatic carbocycles. The van der Waals surface area contributed by atoms with Gasteiger partial charge in [-0.05, 0) is 68.1 Å². The topological polar surface area (TPSA) is 94.8 Å². The van der Waals surface area contributed by atoms with Crippen molar-refractivity contribution in [1.29, 1.82) is 0 Å². The Morgan fingerprint density at radius 2 is 2.11 bits per heavy atom. The molecule has 8 heteroatoms. The summed E-state index contributed by atoms with van der Waals surface area (Å²) in [7, 11) is 0. The van der Waals surface area contributed by atoms with Crippen LogP contribution in [0.25, 0.3) is 10.9 Å². The van der Waals surface area contributed by atoms with E-state index in [2.05, 4.69) is 62.1 Å². The lowest BCUT2D eigenvalue weighted by atomic mass is 9.71. The third kappa shape index (κ3) is 6.71. The molecule has 37 heavy (non-hydrogen) atoms. The molecule has 1 unspecified atom stereocenters. The number of anilines is 1. The van der Waals surface area contributed by atoms with E-state index in [0.717, 1.165) is 44.1 Å². The minimum absolute atomic E-state index is 0.0787. The highest BCUT2D eigenvalue weighted by atomic mass is 16.3. The molecule has 8 nitrogen and oxygen atoms in total. The SMILES string of the molecule is CC(C)C[C@@H](CO)n1cnc2cc(NC(=NC3CCC(C)(C)C[C@@H]3C)N3CCN[C@@H](C)C3)ccc2c1=O. The van der Waals surface area contributed by atoms with Gasteiger partial charge >= 0.3 is 0 Å². The van der Waals surface area contributed by atoms with Gasteiger partial charge in [-0.2, -0.15) is 0 Å². The molecule has 0 bridgehead atoms. The van der Waals surface area contributed by atoms with Gasteiger partial charge in [0.25, 0.3) is 5.56 Å². The van der Waals surface area contributed by atoms with Crippen LogP contribution in [0, 0.1) is 17.3 Å². The van der Waals surface area contributed by atoms with Gasteiger partial charge in [0.1, 0.15) is 0 Å². The number of aliphatic hydroxyl groups is 1. The number of piperazine rings is 1. The summed E-state index contributed by atoms with van der Waals surface area (Å²) in [6.07, 6.45) is 5.78. The highest BCUT2D eigenvalue weighted by Gasteiger charge is 2.33. The molecule has 2 heterocycles. The molecule has 2 aliphatic rings. The first-order valence-corrected chi connectivity index (χ1v) is 14.0. The van der Waals surface area contributed by atoms with Gasteiger partial charge in [-0.1, -0.05) is 34.6 Å². The highest BCUT2D eigenvalue weighted by molar-refractivity contribution is 5.96. The maximum Gasteiger partial charge on any atom is 0.261 e. The van der Waals surface area contributed by atoms with Crippen molar-refractivity contribution in [3.05, 3.63) is 34.9 Å². The van der Waals surface area contributed by atoms with Gasteiger partial charge in [-0.3, -0.25) is 9.36 Å². The average molecular weight is 511 g/mol. The highest BCUT2D eigenvalue weighted by Crippen LogP contribution is 2.40. The summed E-state index contributed by atoms with van der Waals surface area (Å²) in [5, 5.41) is 17.6. The van der Waals surface area contributed by atoms with Crippen LogP contribution in [0.5, 0.6) is 0 Å². The van der Waals surface area contributed by atoms with E-state index in [1.807, 2.05) is 18.2 Å². The third-order valence-corrected chi connectivity index (χ3v) is 7.99. The van der Waals surface area contributed by atoms with Crippen LogP contribution in [-0.2, 0) is 0 Å². The average Bonchev–Trinajstić information content (AvgIpc) is 2.83. The second-order valence-electron chi connectivity index (χ2n) is 12.5. The van der Waals surface area contributed by atoms with Crippen molar-refractivity contribution >= 4 is 22.5 Å². The second kappa shape index (κ2) is 11.5. The van der Waals surface area contributed by atoms with Crippen LogP contribution < -0.4 is 16.2 Å². The van der Waals surface area contributed by atoms with Crippen molar-refractivity contribution in [3.63, 3.8) is 0 Å². The van der Waals surface area contributed by atoms with Crippen LogP contribution in [-0.4, -0.2) is 63.8 Å². The minimum Gasteiger partial charge on any atom is -0.394 e. The molecule has 1 aromatic carbocycles. The number of fused-ring (bicyclic) bond motifs is 1. The number of hydrogen-bond donors (Lipinski definition) is 3. The number of aliphatic imine (C=N–C) groups is 1. The first-order valence-electron chi connectivity index (χ1n) is 14.0. The van der Waals surface area contributed by atoms with E-state index in [0.29, 0.717) is 40.2 Å². The summed E-state index contributed by atoms with van der Waals surface area (Å²) in [6.45, 7) is 16.1. The molecule has 3 N–H and O–H groups in total. The zero-order valence-electron chi connectivity index (χ0n) is 23.5. The Balaban J connectivity index is 1.62. The van der Waals surface area contributed by atoms with E-state index < -0.39 is 0 Å². The van der Waals surface area contributed by atoms with E-state index in [4.69, 9.17) is 4.99 Å². The molecular formula is C29H46N6O2. The van der Waals surface area contributed by atoms with Crippen molar-refractivity contribution in [3.8, 4) is 0 Å². The van der Waals surface area contributed by atoms with Crippen LogP contribution in [0.4, 0.5) is 5.69 Å². The largest absolute Gasteiger partial charge is 0.394 e. The molecule has 0 spiro atoms. The van der Waals surface area contributed by atoms with Crippen LogP contribution >= 0.6 is 0 Å². The van der Waals surface area contributed by atoms with Crippen LogP contribution in [0.15, 0.2) is 34.3 Å².